The fraction of sp³-hybridized carbons (Fsp3) is 0.429. The summed E-state index contributed by atoms with van der Waals surface area (Å²) in [5.74, 6) is 5.22. The zero-order valence-electron chi connectivity index (χ0n) is 11.9. The van der Waals surface area contributed by atoms with Crippen LogP contribution in [0.25, 0.3) is 0 Å². The Balaban J connectivity index is 2.69. The van der Waals surface area contributed by atoms with Crippen LogP contribution in [0.1, 0.15) is 21.5 Å². The van der Waals surface area contributed by atoms with Gasteiger partial charge < -0.3 is 16.0 Å². The van der Waals surface area contributed by atoms with E-state index in [0.29, 0.717) is 18.0 Å². The highest BCUT2D eigenvalue weighted by molar-refractivity contribution is 7.14. The Morgan fingerprint density at radius 2 is 2.20 bits per heavy atom. The molecule has 1 rings (SSSR count). The molecule has 0 spiro atoms. The SMILES string of the molecule is CNC(=O)C(C)CN(C)C(=O)c1ccc(C#CCN)s1. The molecule has 1 aromatic rings. The number of carbonyl (C=O) groups excluding carboxylic acids is 2. The lowest BCUT2D eigenvalue weighted by Gasteiger charge is -2.20. The first-order valence-corrected chi connectivity index (χ1v) is 7.07. The summed E-state index contributed by atoms with van der Waals surface area (Å²) in [5.41, 5.74) is 5.31. The summed E-state index contributed by atoms with van der Waals surface area (Å²) in [4.78, 5) is 26.6. The summed E-state index contributed by atoms with van der Waals surface area (Å²) in [6.07, 6.45) is 0. The third-order valence-electron chi connectivity index (χ3n) is 2.72. The lowest BCUT2D eigenvalue weighted by atomic mass is 10.1. The maximum absolute atomic E-state index is 12.2. The van der Waals surface area contributed by atoms with Gasteiger partial charge in [0, 0.05) is 20.6 Å². The molecule has 0 aliphatic rings. The molecule has 2 amide bonds. The van der Waals surface area contributed by atoms with Gasteiger partial charge in [0.05, 0.1) is 22.2 Å². The first-order valence-electron chi connectivity index (χ1n) is 6.25. The number of hydrogen-bond acceptors (Lipinski definition) is 4. The van der Waals surface area contributed by atoms with Crippen molar-refractivity contribution in [3.8, 4) is 11.8 Å². The van der Waals surface area contributed by atoms with Gasteiger partial charge in [-0.05, 0) is 12.1 Å². The highest BCUT2D eigenvalue weighted by atomic mass is 32.1. The van der Waals surface area contributed by atoms with Crippen molar-refractivity contribution in [3.05, 3.63) is 21.9 Å². The number of nitrogens with two attached hydrogens (primary N) is 1. The molecule has 1 heterocycles. The number of hydrogen-bond donors (Lipinski definition) is 2. The summed E-state index contributed by atoms with van der Waals surface area (Å²) < 4.78 is 0. The van der Waals surface area contributed by atoms with E-state index in [-0.39, 0.29) is 17.7 Å². The molecule has 1 atom stereocenters. The van der Waals surface area contributed by atoms with Gasteiger partial charge in [0.25, 0.3) is 5.91 Å². The predicted molar refractivity (Wildman–Crippen MR) is 80.4 cm³/mol. The Labute approximate surface area is 123 Å². The van der Waals surface area contributed by atoms with Gasteiger partial charge in [-0.15, -0.1) is 11.3 Å². The molecule has 6 heteroatoms. The van der Waals surface area contributed by atoms with Gasteiger partial charge in [0.15, 0.2) is 0 Å². The van der Waals surface area contributed by atoms with Gasteiger partial charge in [0.2, 0.25) is 5.91 Å². The lowest BCUT2D eigenvalue weighted by Crippen LogP contribution is -2.37. The van der Waals surface area contributed by atoms with Crippen LogP contribution in [-0.4, -0.2) is 43.9 Å². The summed E-state index contributed by atoms with van der Waals surface area (Å²) in [7, 11) is 3.27. The van der Waals surface area contributed by atoms with Crippen LogP contribution >= 0.6 is 11.3 Å². The van der Waals surface area contributed by atoms with Crippen LogP contribution in [-0.2, 0) is 4.79 Å². The third-order valence-corrected chi connectivity index (χ3v) is 3.71. The van der Waals surface area contributed by atoms with Crippen molar-refractivity contribution in [2.75, 3.05) is 27.2 Å². The lowest BCUT2D eigenvalue weighted by molar-refractivity contribution is -0.124. The molecular weight excluding hydrogens is 274 g/mol. The van der Waals surface area contributed by atoms with Crippen LogP contribution in [0.2, 0.25) is 0 Å². The van der Waals surface area contributed by atoms with Gasteiger partial charge in [-0.2, -0.15) is 0 Å². The van der Waals surface area contributed by atoms with Crippen LogP contribution in [0, 0.1) is 17.8 Å². The van der Waals surface area contributed by atoms with Crippen molar-refractivity contribution >= 4 is 23.2 Å². The molecule has 0 bridgehead atoms. The third kappa shape index (κ3) is 4.37. The van der Waals surface area contributed by atoms with Gasteiger partial charge >= 0.3 is 0 Å². The van der Waals surface area contributed by atoms with E-state index in [9.17, 15) is 9.59 Å². The Morgan fingerprint density at radius 3 is 2.80 bits per heavy atom. The van der Waals surface area contributed by atoms with Crippen LogP contribution in [0.3, 0.4) is 0 Å². The molecule has 3 N–H and O–H groups in total. The molecule has 20 heavy (non-hydrogen) atoms. The maximum Gasteiger partial charge on any atom is 0.263 e. The van der Waals surface area contributed by atoms with Gasteiger partial charge in [-0.3, -0.25) is 9.59 Å². The topological polar surface area (TPSA) is 75.4 Å². The minimum Gasteiger partial charge on any atom is -0.359 e. The number of nitrogens with zero attached hydrogens (tertiary/aromatic N) is 1. The highest BCUT2D eigenvalue weighted by Crippen LogP contribution is 2.17. The summed E-state index contributed by atoms with van der Waals surface area (Å²) >= 11 is 1.33. The molecule has 0 aromatic carbocycles. The van der Waals surface area contributed by atoms with Crippen LogP contribution in [0.4, 0.5) is 0 Å². The Kier molecular flexibility index (Phi) is 6.22. The summed E-state index contributed by atoms with van der Waals surface area (Å²) in [6.45, 7) is 2.46. The van der Waals surface area contributed by atoms with Crippen molar-refractivity contribution in [3.63, 3.8) is 0 Å². The minimum atomic E-state index is -0.245. The Morgan fingerprint density at radius 1 is 1.50 bits per heavy atom. The standard InChI is InChI=1S/C14H19N3O2S/c1-10(13(18)16-2)9-17(3)14(19)12-7-6-11(20-12)5-4-8-15/h6-7,10H,8-9,15H2,1-3H3,(H,16,18). The van der Waals surface area contributed by atoms with Crippen LogP contribution in [0.15, 0.2) is 12.1 Å². The zero-order chi connectivity index (χ0) is 15.1. The van der Waals surface area contributed by atoms with Crippen molar-refractivity contribution < 1.29 is 9.59 Å². The molecule has 0 radical (unpaired) electrons. The van der Waals surface area contributed by atoms with E-state index >= 15 is 0 Å². The number of thiophene rings is 1. The van der Waals surface area contributed by atoms with Crippen molar-refractivity contribution in [1.29, 1.82) is 0 Å². The quantitative estimate of drug-likeness (QED) is 0.794. The number of carbonyl (C=O) groups is 2. The largest absolute Gasteiger partial charge is 0.359 e. The van der Waals surface area contributed by atoms with Crippen molar-refractivity contribution in [2.24, 2.45) is 11.7 Å². The second-order valence-corrected chi connectivity index (χ2v) is 5.45. The molecule has 0 saturated heterocycles. The zero-order valence-corrected chi connectivity index (χ0v) is 12.7. The van der Waals surface area contributed by atoms with E-state index in [1.54, 1.807) is 38.1 Å². The molecular formula is C14H19N3O2S. The van der Waals surface area contributed by atoms with E-state index in [2.05, 4.69) is 17.2 Å². The van der Waals surface area contributed by atoms with Gasteiger partial charge in [-0.1, -0.05) is 18.8 Å². The van der Waals surface area contributed by atoms with Gasteiger partial charge in [-0.25, -0.2) is 0 Å². The second-order valence-electron chi connectivity index (χ2n) is 4.37. The fourth-order valence-corrected chi connectivity index (χ4v) is 2.54. The van der Waals surface area contributed by atoms with E-state index in [0.717, 1.165) is 4.88 Å². The molecule has 0 fully saturated rings. The van der Waals surface area contributed by atoms with E-state index in [1.165, 1.54) is 11.3 Å². The summed E-state index contributed by atoms with van der Waals surface area (Å²) in [5, 5.41) is 2.57. The Bertz CT molecular complexity index is 542. The molecule has 0 saturated carbocycles. The Hall–Kier alpha value is -1.84. The van der Waals surface area contributed by atoms with Gasteiger partial charge in [0.1, 0.15) is 0 Å². The normalized spacial score (nSPS) is 11.2. The minimum absolute atomic E-state index is 0.0784. The van der Waals surface area contributed by atoms with Crippen LogP contribution in [0.5, 0.6) is 0 Å². The molecule has 0 aliphatic heterocycles. The first-order chi connectivity index (χ1) is 9.49. The van der Waals surface area contributed by atoms with E-state index in [4.69, 9.17) is 5.73 Å². The second kappa shape index (κ2) is 7.68. The van der Waals surface area contributed by atoms with E-state index < -0.39 is 0 Å². The molecule has 0 aliphatic carbocycles. The number of nitrogens with one attached hydrogen (secondary N) is 1. The fourth-order valence-electron chi connectivity index (χ4n) is 1.67. The molecule has 1 aromatic heterocycles. The molecule has 5 nitrogen and oxygen atoms in total. The van der Waals surface area contributed by atoms with Crippen LogP contribution < -0.4 is 11.1 Å². The maximum atomic E-state index is 12.2. The molecule has 108 valence electrons. The molecule has 1 unspecified atom stereocenters. The monoisotopic (exact) mass is 293 g/mol. The van der Waals surface area contributed by atoms with E-state index in [1.807, 2.05) is 0 Å². The average Bonchev–Trinajstić information content (AvgIpc) is 2.91. The predicted octanol–water partition coefficient (Wildman–Crippen LogP) is 0.512. The first kappa shape index (κ1) is 16.2. The smallest absolute Gasteiger partial charge is 0.263 e. The number of amides is 2. The number of rotatable bonds is 4. The summed E-state index contributed by atoms with van der Waals surface area (Å²) in [6, 6.07) is 3.55. The van der Waals surface area contributed by atoms with Crippen molar-refractivity contribution in [2.45, 2.75) is 6.92 Å². The highest BCUT2D eigenvalue weighted by Gasteiger charge is 2.19. The van der Waals surface area contributed by atoms with Crippen molar-refractivity contribution in [1.82, 2.24) is 10.2 Å². The average molecular weight is 293 g/mol.